The molecule has 0 aromatic carbocycles. The largest absolute Gasteiger partial charge is 0.473 e. The van der Waals surface area contributed by atoms with Gasteiger partial charge in [0, 0.05) is 24.6 Å². The minimum Gasteiger partial charge on any atom is -0.473 e. The zero-order valence-electron chi connectivity index (χ0n) is 12.4. The third kappa shape index (κ3) is 4.14. The van der Waals surface area contributed by atoms with E-state index in [9.17, 15) is 0 Å². The average molecular weight is 309 g/mol. The molecule has 1 aromatic heterocycles. The van der Waals surface area contributed by atoms with Gasteiger partial charge >= 0.3 is 11.9 Å². The lowest BCUT2D eigenvalue weighted by Crippen LogP contribution is -2.25. The Hall–Kier alpha value is -2.22. The van der Waals surface area contributed by atoms with Crippen LogP contribution in [0.3, 0.4) is 0 Å². The minimum absolute atomic E-state index is 0.555. The summed E-state index contributed by atoms with van der Waals surface area (Å²) >= 11 is 0. The quantitative estimate of drug-likeness (QED) is 0.783. The van der Waals surface area contributed by atoms with Gasteiger partial charge in [-0.1, -0.05) is 17.7 Å². The Bertz CT molecular complexity index is 565. The van der Waals surface area contributed by atoms with Crippen LogP contribution in [-0.2, 0) is 9.59 Å². The topological polar surface area (TPSA) is 117 Å². The monoisotopic (exact) mass is 309 g/mol. The highest BCUT2D eigenvalue weighted by Crippen LogP contribution is 2.35. The molecule has 1 aliphatic carbocycles. The molecule has 8 heteroatoms. The van der Waals surface area contributed by atoms with Crippen molar-refractivity contribution in [3.8, 4) is 0 Å². The molecule has 0 radical (unpaired) electrons. The fraction of sp³-hybridized carbons (Fsp3) is 0.571. The first-order valence-corrected chi connectivity index (χ1v) is 7.15. The van der Waals surface area contributed by atoms with Crippen LogP contribution < -0.4 is 0 Å². The normalized spacial score (nSPS) is 18.7. The van der Waals surface area contributed by atoms with Gasteiger partial charge in [-0.05, 0) is 26.3 Å². The molecule has 0 amide bonds. The van der Waals surface area contributed by atoms with Crippen molar-refractivity contribution in [3.05, 3.63) is 17.8 Å². The van der Waals surface area contributed by atoms with Crippen LogP contribution in [0.15, 0.2) is 10.6 Å². The van der Waals surface area contributed by atoms with Crippen molar-refractivity contribution < 1.29 is 24.3 Å². The summed E-state index contributed by atoms with van der Waals surface area (Å²) in [6.07, 6.45) is 7.04. The van der Waals surface area contributed by atoms with E-state index in [0.29, 0.717) is 5.92 Å². The first-order valence-electron chi connectivity index (χ1n) is 7.15. The summed E-state index contributed by atoms with van der Waals surface area (Å²) in [5.41, 5.74) is 1.19. The number of carbonyl (C=O) groups is 2. The van der Waals surface area contributed by atoms with E-state index in [0.717, 1.165) is 31.2 Å². The minimum atomic E-state index is -1.82. The van der Waals surface area contributed by atoms with Gasteiger partial charge in [-0.2, -0.15) is 4.98 Å². The van der Waals surface area contributed by atoms with E-state index in [4.69, 9.17) is 24.3 Å². The lowest BCUT2D eigenvalue weighted by atomic mass is 9.85. The highest BCUT2D eigenvalue weighted by Gasteiger charge is 2.25. The fourth-order valence-electron chi connectivity index (χ4n) is 2.25. The van der Waals surface area contributed by atoms with Crippen LogP contribution in [0.2, 0.25) is 0 Å². The predicted octanol–water partition coefficient (Wildman–Crippen LogP) is 1.21. The van der Waals surface area contributed by atoms with Crippen molar-refractivity contribution in [1.82, 2.24) is 15.0 Å². The highest BCUT2D eigenvalue weighted by atomic mass is 16.5. The van der Waals surface area contributed by atoms with E-state index >= 15 is 0 Å². The lowest BCUT2D eigenvalue weighted by Gasteiger charge is -2.21. The molecule has 0 atom stereocenters. The second-order valence-corrected chi connectivity index (χ2v) is 5.45. The van der Waals surface area contributed by atoms with Gasteiger partial charge in [-0.3, -0.25) is 0 Å². The molecule has 0 unspecified atom stereocenters. The molecule has 8 nitrogen and oxygen atoms in total. The maximum atomic E-state index is 9.10. The van der Waals surface area contributed by atoms with Gasteiger partial charge in [-0.15, -0.1) is 0 Å². The molecule has 0 spiro atoms. The highest BCUT2D eigenvalue weighted by molar-refractivity contribution is 6.27. The molecule has 1 saturated carbocycles. The third-order valence-electron chi connectivity index (χ3n) is 3.71. The molecule has 1 aliphatic heterocycles. The molecular weight excluding hydrogens is 290 g/mol. The number of carboxylic acid groups (broad SMARTS) is 2. The lowest BCUT2D eigenvalue weighted by molar-refractivity contribution is -0.159. The number of likely N-dealkylation sites (N-methyl/N-ethyl adjacent to an activating group) is 1. The Morgan fingerprint density at radius 3 is 2.50 bits per heavy atom. The number of carboxylic acids is 2. The second kappa shape index (κ2) is 7.17. The molecule has 2 N–H and O–H groups in total. The third-order valence-corrected chi connectivity index (χ3v) is 3.71. The summed E-state index contributed by atoms with van der Waals surface area (Å²) in [4.78, 5) is 25.0. The van der Waals surface area contributed by atoms with Crippen LogP contribution in [0.25, 0.3) is 5.57 Å². The zero-order valence-corrected chi connectivity index (χ0v) is 12.4. The van der Waals surface area contributed by atoms with Gasteiger partial charge in [-0.25, -0.2) is 9.59 Å². The van der Waals surface area contributed by atoms with E-state index in [-0.39, 0.29) is 0 Å². The summed E-state index contributed by atoms with van der Waals surface area (Å²) in [5, 5.41) is 18.9. The van der Waals surface area contributed by atoms with Crippen LogP contribution in [0.5, 0.6) is 0 Å². The summed E-state index contributed by atoms with van der Waals surface area (Å²) in [6, 6.07) is 0. The molecule has 1 aromatic rings. The maximum Gasteiger partial charge on any atom is 0.414 e. The summed E-state index contributed by atoms with van der Waals surface area (Å²) in [7, 11) is 2.12. The van der Waals surface area contributed by atoms with Crippen LogP contribution in [0.4, 0.5) is 0 Å². The van der Waals surface area contributed by atoms with Crippen molar-refractivity contribution in [2.24, 2.45) is 0 Å². The van der Waals surface area contributed by atoms with Crippen LogP contribution >= 0.6 is 0 Å². The fourth-order valence-corrected chi connectivity index (χ4v) is 2.25. The standard InChI is InChI=1S/C12H17N3O.C2H2O4/c1-15-7-3-6-10(8-15)12-13-11(14-16-12)9-4-2-5-9;3-1(4)2(5)6/h6,9H,2-5,7-8H2,1H3;(H,3,4)(H,5,6). The Kier molecular flexibility index (Phi) is 5.26. The van der Waals surface area contributed by atoms with Crippen molar-refractivity contribution in [2.45, 2.75) is 31.6 Å². The number of hydrogen-bond acceptors (Lipinski definition) is 6. The Labute approximate surface area is 127 Å². The first-order chi connectivity index (χ1) is 10.5. The zero-order chi connectivity index (χ0) is 16.1. The van der Waals surface area contributed by atoms with E-state index in [2.05, 4.69) is 28.2 Å². The van der Waals surface area contributed by atoms with Crippen LogP contribution in [0.1, 0.15) is 43.3 Å². The van der Waals surface area contributed by atoms with Crippen molar-refractivity contribution in [1.29, 1.82) is 0 Å². The van der Waals surface area contributed by atoms with Gasteiger partial charge in [0.1, 0.15) is 0 Å². The summed E-state index contributed by atoms with van der Waals surface area (Å²) < 4.78 is 5.35. The molecule has 22 heavy (non-hydrogen) atoms. The van der Waals surface area contributed by atoms with E-state index in [1.54, 1.807) is 0 Å². The molecule has 0 bridgehead atoms. The summed E-state index contributed by atoms with van der Waals surface area (Å²) in [5.74, 6) is -1.45. The number of hydrogen-bond donors (Lipinski definition) is 2. The van der Waals surface area contributed by atoms with Gasteiger partial charge in [0.15, 0.2) is 5.82 Å². The van der Waals surface area contributed by atoms with Crippen LogP contribution in [0, 0.1) is 0 Å². The van der Waals surface area contributed by atoms with Gasteiger partial charge in [0.2, 0.25) is 0 Å². The van der Waals surface area contributed by atoms with Crippen molar-refractivity contribution >= 4 is 17.5 Å². The Morgan fingerprint density at radius 1 is 1.32 bits per heavy atom. The van der Waals surface area contributed by atoms with Crippen molar-refractivity contribution in [2.75, 3.05) is 20.1 Å². The summed E-state index contributed by atoms with van der Waals surface area (Å²) in [6.45, 7) is 2.04. The van der Waals surface area contributed by atoms with E-state index < -0.39 is 11.9 Å². The predicted molar refractivity (Wildman–Crippen MR) is 76.3 cm³/mol. The molecule has 3 rings (SSSR count). The van der Waals surface area contributed by atoms with Crippen LogP contribution in [-0.4, -0.2) is 57.3 Å². The number of aromatic nitrogens is 2. The van der Waals surface area contributed by atoms with Gasteiger partial charge < -0.3 is 19.6 Å². The molecular formula is C14H19N3O5. The van der Waals surface area contributed by atoms with E-state index in [1.807, 2.05) is 0 Å². The molecule has 2 heterocycles. The Balaban J connectivity index is 0.000000254. The smallest absolute Gasteiger partial charge is 0.414 e. The van der Waals surface area contributed by atoms with E-state index in [1.165, 1.54) is 24.8 Å². The van der Waals surface area contributed by atoms with Gasteiger partial charge in [0.05, 0.1) is 0 Å². The number of aliphatic carboxylic acids is 2. The maximum absolute atomic E-state index is 9.10. The van der Waals surface area contributed by atoms with Gasteiger partial charge in [0.25, 0.3) is 5.89 Å². The molecule has 120 valence electrons. The molecule has 1 fully saturated rings. The molecule has 2 aliphatic rings. The first kappa shape index (κ1) is 16.2. The SMILES string of the molecule is CN1CCC=C(c2nc(C3CCC3)no2)C1.O=C(O)C(=O)O. The second-order valence-electron chi connectivity index (χ2n) is 5.45. The molecule has 0 saturated heterocycles. The Morgan fingerprint density at radius 2 is 2.00 bits per heavy atom. The number of nitrogens with zero attached hydrogens (tertiary/aromatic N) is 3. The average Bonchev–Trinajstić information content (AvgIpc) is 2.86. The number of rotatable bonds is 2. The van der Waals surface area contributed by atoms with Crippen molar-refractivity contribution in [3.63, 3.8) is 0 Å².